The van der Waals surface area contributed by atoms with E-state index in [1.54, 1.807) is 43.3 Å². The lowest BCUT2D eigenvalue weighted by Crippen LogP contribution is -2.52. The molecule has 0 aliphatic heterocycles. The van der Waals surface area contributed by atoms with Gasteiger partial charge in [-0.25, -0.2) is 8.42 Å². The van der Waals surface area contributed by atoms with Crippen LogP contribution >= 0.6 is 0 Å². The van der Waals surface area contributed by atoms with Crippen LogP contribution in [0.2, 0.25) is 0 Å². The molecule has 1 saturated carbocycles. The van der Waals surface area contributed by atoms with Crippen molar-refractivity contribution >= 4 is 27.5 Å². The Morgan fingerprint density at radius 3 is 2.22 bits per heavy atom. The Bertz CT molecular complexity index is 1500. The van der Waals surface area contributed by atoms with Crippen LogP contribution < -0.4 is 9.62 Å². The fraction of sp³-hybridized carbons (Fsp3) is 0.394. The lowest BCUT2D eigenvalue weighted by atomic mass is 10.1. The number of sulfonamides is 1. The molecule has 41 heavy (non-hydrogen) atoms. The van der Waals surface area contributed by atoms with Crippen molar-refractivity contribution in [2.45, 2.75) is 83.8 Å². The van der Waals surface area contributed by atoms with Gasteiger partial charge in [0, 0.05) is 12.6 Å². The number of benzene rings is 3. The van der Waals surface area contributed by atoms with Crippen LogP contribution in [0, 0.1) is 27.7 Å². The zero-order valence-corrected chi connectivity index (χ0v) is 25.5. The second-order valence-electron chi connectivity index (χ2n) is 11.2. The highest BCUT2D eigenvalue weighted by molar-refractivity contribution is 7.92. The van der Waals surface area contributed by atoms with Crippen molar-refractivity contribution in [3.63, 3.8) is 0 Å². The number of anilines is 1. The van der Waals surface area contributed by atoms with Crippen molar-refractivity contribution < 1.29 is 18.0 Å². The third-order valence-electron chi connectivity index (χ3n) is 8.04. The van der Waals surface area contributed by atoms with Gasteiger partial charge in [0.05, 0.1) is 10.6 Å². The predicted octanol–water partition coefficient (Wildman–Crippen LogP) is 5.59. The molecule has 0 saturated heterocycles. The summed E-state index contributed by atoms with van der Waals surface area (Å²) in [5.74, 6) is -0.672. The minimum absolute atomic E-state index is 0.106. The van der Waals surface area contributed by atoms with Gasteiger partial charge in [-0.15, -0.1) is 0 Å². The Morgan fingerprint density at radius 2 is 1.56 bits per heavy atom. The van der Waals surface area contributed by atoms with E-state index in [0.29, 0.717) is 5.69 Å². The van der Waals surface area contributed by atoms with Gasteiger partial charge in [0.2, 0.25) is 11.8 Å². The molecule has 4 rings (SSSR count). The first kappa shape index (κ1) is 30.3. The van der Waals surface area contributed by atoms with Gasteiger partial charge in [0.1, 0.15) is 12.6 Å². The fourth-order valence-corrected chi connectivity index (χ4v) is 6.81. The normalized spacial score (nSPS) is 14.5. The van der Waals surface area contributed by atoms with E-state index < -0.39 is 28.5 Å². The predicted molar refractivity (Wildman–Crippen MR) is 163 cm³/mol. The van der Waals surface area contributed by atoms with E-state index >= 15 is 0 Å². The van der Waals surface area contributed by atoms with E-state index in [-0.39, 0.29) is 23.4 Å². The first-order chi connectivity index (χ1) is 19.5. The summed E-state index contributed by atoms with van der Waals surface area (Å²) in [6, 6.07) is 19.2. The van der Waals surface area contributed by atoms with Crippen molar-refractivity contribution in [1.29, 1.82) is 0 Å². The molecule has 0 heterocycles. The second-order valence-corrected chi connectivity index (χ2v) is 13.1. The average molecular weight is 576 g/mol. The van der Waals surface area contributed by atoms with Crippen molar-refractivity contribution in [1.82, 2.24) is 10.2 Å². The number of nitrogens with one attached hydrogen (secondary N) is 1. The summed E-state index contributed by atoms with van der Waals surface area (Å²) in [4.78, 5) is 29.1. The summed E-state index contributed by atoms with van der Waals surface area (Å²) in [5, 5.41) is 3.11. The number of rotatable bonds is 10. The van der Waals surface area contributed by atoms with Gasteiger partial charge >= 0.3 is 0 Å². The number of hydrogen-bond donors (Lipinski definition) is 1. The topological polar surface area (TPSA) is 86.8 Å². The highest BCUT2D eigenvalue weighted by Gasteiger charge is 2.34. The SMILES string of the molecule is Cc1ccc(S(=O)(=O)N(CC(=O)N(Cc2cccc(C)c2)[C@@H](C)C(=O)NC2CCCC2)c2cccc(C)c2C)cc1. The van der Waals surface area contributed by atoms with Crippen molar-refractivity contribution in [2.24, 2.45) is 0 Å². The molecule has 1 N–H and O–H groups in total. The molecule has 0 unspecified atom stereocenters. The van der Waals surface area contributed by atoms with Gasteiger partial charge in [-0.3, -0.25) is 13.9 Å². The molecule has 1 fully saturated rings. The second kappa shape index (κ2) is 12.9. The van der Waals surface area contributed by atoms with Crippen LogP contribution in [-0.4, -0.2) is 43.8 Å². The van der Waals surface area contributed by atoms with Gasteiger partial charge in [0.25, 0.3) is 10.0 Å². The van der Waals surface area contributed by atoms with E-state index in [0.717, 1.165) is 53.5 Å². The maximum atomic E-state index is 14.2. The van der Waals surface area contributed by atoms with Crippen molar-refractivity contribution in [3.8, 4) is 0 Å². The lowest BCUT2D eigenvalue weighted by molar-refractivity contribution is -0.139. The fourth-order valence-electron chi connectivity index (χ4n) is 5.34. The average Bonchev–Trinajstić information content (AvgIpc) is 3.45. The standard InChI is InChI=1S/C33H41N3O4S/c1-23-16-18-30(19-17-23)41(39,40)36(31-15-9-11-25(3)26(31)4)22-32(37)35(21-28-12-8-10-24(2)20-28)27(5)33(38)34-29-13-6-7-14-29/h8-12,15-20,27,29H,6-7,13-14,21-22H2,1-5H3,(H,34,38)/t27-/m0/s1. The van der Waals surface area contributed by atoms with Crippen LogP contribution in [0.15, 0.2) is 71.6 Å². The molecule has 1 atom stereocenters. The molecular weight excluding hydrogens is 534 g/mol. The Hall–Kier alpha value is -3.65. The molecule has 0 radical (unpaired) electrons. The third-order valence-corrected chi connectivity index (χ3v) is 9.81. The molecule has 3 aromatic rings. The van der Waals surface area contributed by atoms with Crippen LogP contribution in [0.25, 0.3) is 0 Å². The molecule has 218 valence electrons. The van der Waals surface area contributed by atoms with Crippen LogP contribution in [-0.2, 0) is 26.2 Å². The number of hydrogen-bond acceptors (Lipinski definition) is 4. The Balaban J connectivity index is 1.72. The minimum atomic E-state index is -4.10. The molecule has 8 heteroatoms. The highest BCUT2D eigenvalue weighted by Crippen LogP contribution is 2.29. The van der Waals surface area contributed by atoms with Gasteiger partial charge in [-0.1, -0.05) is 72.5 Å². The highest BCUT2D eigenvalue weighted by atomic mass is 32.2. The van der Waals surface area contributed by atoms with Gasteiger partial charge in [0.15, 0.2) is 0 Å². The molecule has 0 bridgehead atoms. The minimum Gasteiger partial charge on any atom is -0.352 e. The van der Waals surface area contributed by atoms with E-state index in [1.807, 2.05) is 58.0 Å². The van der Waals surface area contributed by atoms with E-state index in [9.17, 15) is 18.0 Å². The Labute approximate surface area is 244 Å². The van der Waals surface area contributed by atoms with Crippen LogP contribution in [0.1, 0.15) is 60.4 Å². The van der Waals surface area contributed by atoms with Gasteiger partial charge in [-0.05, 0) is 82.3 Å². The quantitative estimate of drug-likeness (QED) is 0.341. The van der Waals surface area contributed by atoms with Crippen molar-refractivity contribution in [3.05, 3.63) is 94.5 Å². The summed E-state index contributed by atoms with van der Waals surface area (Å²) in [6.45, 7) is 9.10. The molecule has 7 nitrogen and oxygen atoms in total. The number of carbonyl (C=O) groups is 2. The lowest BCUT2D eigenvalue weighted by Gasteiger charge is -2.33. The third kappa shape index (κ3) is 7.17. The maximum Gasteiger partial charge on any atom is 0.264 e. The molecule has 3 aromatic carbocycles. The largest absolute Gasteiger partial charge is 0.352 e. The number of carbonyl (C=O) groups excluding carboxylic acids is 2. The zero-order valence-electron chi connectivity index (χ0n) is 24.7. The van der Waals surface area contributed by atoms with Crippen LogP contribution in [0.5, 0.6) is 0 Å². The number of aryl methyl sites for hydroxylation is 3. The summed E-state index contributed by atoms with van der Waals surface area (Å²) < 4.78 is 29.3. The molecular formula is C33H41N3O4S. The van der Waals surface area contributed by atoms with E-state index in [1.165, 1.54) is 9.21 Å². The summed E-state index contributed by atoms with van der Waals surface area (Å²) in [7, 11) is -4.10. The Kier molecular flexibility index (Phi) is 9.53. The molecule has 2 amide bonds. The molecule has 0 aromatic heterocycles. The van der Waals surface area contributed by atoms with E-state index in [4.69, 9.17) is 0 Å². The molecule has 1 aliphatic rings. The summed E-state index contributed by atoms with van der Waals surface area (Å²) >= 11 is 0. The smallest absolute Gasteiger partial charge is 0.264 e. The zero-order chi connectivity index (χ0) is 29.7. The number of amides is 2. The summed E-state index contributed by atoms with van der Waals surface area (Å²) in [6.07, 6.45) is 4.01. The molecule has 1 aliphatic carbocycles. The van der Waals surface area contributed by atoms with Crippen LogP contribution in [0.3, 0.4) is 0 Å². The monoisotopic (exact) mass is 575 g/mol. The first-order valence-electron chi connectivity index (χ1n) is 14.3. The Morgan fingerprint density at radius 1 is 0.902 bits per heavy atom. The summed E-state index contributed by atoms with van der Waals surface area (Å²) in [5.41, 5.74) is 4.98. The first-order valence-corrected chi connectivity index (χ1v) is 15.7. The molecule has 0 spiro atoms. The van der Waals surface area contributed by atoms with Gasteiger partial charge < -0.3 is 10.2 Å². The maximum absolute atomic E-state index is 14.2. The van der Waals surface area contributed by atoms with E-state index in [2.05, 4.69) is 5.32 Å². The number of nitrogens with zero attached hydrogens (tertiary/aromatic N) is 2. The van der Waals surface area contributed by atoms with Gasteiger partial charge in [-0.2, -0.15) is 0 Å². The van der Waals surface area contributed by atoms with Crippen LogP contribution in [0.4, 0.5) is 5.69 Å². The van der Waals surface area contributed by atoms with Crippen molar-refractivity contribution in [2.75, 3.05) is 10.8 Å².